The Bertz CT molecular complexity index is 581. The van der Waals surface area contributed by atoms with Gasteiger partial charge in [0.05, 0.1) is 6.04 Å². The maximum Gasteiger partial charge on any atom is 0.253 e. The molecule has 2 rings (SSSR count). The zero-order valence-electron chi connectivity index (χ0n) is 13.5. The average Bonchev–Trinajstić information content (AvgIpc) is 2.41. The second kappa shape index (κ2) is 6.67. The van der Waals surface area contributed by atoms with Crippen molar-refractivity contribution in [1.82, 2.24) is 4.90 Å². The van der Waals surface area contributed by atoms with E-state index in [1.165, 1.54) is 0 Å². The molecule has 1 heterocycles. The number of carbonyl (C=O) groups excluding carboxylic acids is 2. The number of benzene rings is 1. The van der Waals surface area contributed by atoms with Gasteiger partial charge in [-0.25, -0.2) is 0 Å². The fraction of sp³-hybridized carbons (Fsp3) is 0.500. The number of halogens is 1. The summed E-state index contributed by atoms with van der Waals surface area (Å²) in [4.78, 5) is 26.0. The van der Waals surface area contributed by atoms with Gasteiger partial charge in [0.2, 0.25) is 5.91 Å². The molecule has 22 heavy (non-hydrogen) atoms. The van der Waals surface area contributed by atoms with Crippen LogP contribution in [0, 0.1) is 5.41 Å². The molecule has 1 aromatic rings. The predicted octanol–water partition coefficient (Wildman–Crippen LogP) is 2.05. The number of hydrogen-bond acceptors (Lipinski definition) is 3. The minimum atomic E-state index is -0.605. The monoisotopic (exact) mass is 325 g/mol. The second-order valence-corrected chi connectivity index (χ2v) is 6.68. The molecule has 3 N–H and O–H groups in total. The Morgan fingerprint density at radius 2 is 2.00 bits per heavy atom. The summed E-state index contributed by atoms with van der Waals surface area (Å²) in [6.07, 6.45) is 0.841. The lowest BCUT2D eigenvalue weighted by Gasteiger charge is -2.27. The first-order valence-corrected chi connectivity index (χ1v) is 7.15. The summed E-state index contributed by atoms with van der Waals surface area (Å²) < 4.78 is 0. The molecular formula is C16H24ClN3O2. The van der Waals surface area contributed by atoms with Crippen LogP contribution in [-0.2, 0) is 11.2 Å². The van der Waals surface area contributed by atoms with E-state index in [-0.39, 0.29) is 29.6 Å². The summed E-state index contributed by atoms with van der Waals surface area (Å²) in [6, 6.07) is 4.86. The van der Waals surface area contributed by atoms with E-state index < -0.39 is 6.04 Å². The number of amides is 2. The standard InChI is InChI=1S/C16H23N3O2.ClH/c1-16(2,3)13(17)14(20)18-11-6-5-10-7-8-19(4)15(21)12(10)9-11;/h5-6,9,13H,7-8,17H2,1-4H3,(H,18,20);1H/t13-;/m1./s1. The van der Waals surface area contributed by atoms with Crippen molar-refractivity contribution in [1.29, 1.82) is 0 Å². The van der Waals surface area contributed by atoms with Crippen molar-refractivity contribution in [2.75, 3.05) is 18.9 Å². The van der Waals surface area contributed by atoms with Crippen LogP contribution in [0.3, 0.4) is 0 Å². The van der Waals surface area contributed by atoms with E-state index in [2.05, 4.69) is 5.32 Å². The highest BCUT2D eigenvalue weighted by Gasteiger charge is 2.28. The minimum Gasteiger partial charge on any atom is -0.341 e. The van der Waals surface area contributed by atoms with Crippen LogP contribution in [0.2, 0.25) is 0 Å². The van der Waals surface area contributed by atoms with Gasteiger partial charge in [-0.3, -0.25) is 9.59 Å². The predicted molar refractivity (Wildman–Crippen MR) is 90.4 cm³/mol. The SMILES string of the molecule is CN1CCc2ccc(NC(=O)[C@@H](N)C(C)(C)C)cc2C1=O.Cl. The third-order valence-electron chi connectivity index (χ3n) is 3.89. The Labute approximate surface area is 137 Å². The van der Waals surface area contributed by atoms with Crippen molar-refractivity contribution in [2.45, 2.75) is 33.2 Å². The molecule has 1 aliphatic heterocycles. The third-order valence-corrected chi connectivity index (χ3v) is 3.89. The quantitative estimate of drug-likeness (QED) is 0.873. The number of nitrogens with zero attached hydrogens (tertiary/aromatic N) is 1. The van der Waals surface area contributed by atoms with E-state index in [9.17, 15) is 9.59 Å². The van der Waals surface area contributed by atoms with Gasteiger partial charge < -0.3 is 16.0 Å². The largest absolute Gasteiger partial charge is 0.341 e. The van der Waals surface area contributed by atoms with Gasteiger partial charge >= 0.3 is 0 Å². The van der Waals surface area contributed by atoms with Crippen LogP contribution in [0.25, 0.3) is 0 Å². The van der Waals surface area contributed by atoms with Crippen LogP contribution in [0.1, 0.15) is 36.7 Å². The molecule has 2 amide bonds. The number of anilines is 1. The molecule has 0 aromatic heterocycles. The molecule has 0 spiro atoms. The number of nitrogens with two attached hydrogens (primary N) is 1. The first-order valence-electron chi connectivity index (χ1n) is 7.15. The minimum absolute atomic E-state index is 0. The molecule has 0 fully saturated rings. The number of rotatable bonds is 2. The molecule has 5 nitrogen and oxygen atoms in total. The Hall–Kier alpha value is -1.59. The van der Waals surface area contributed by atoms with Gasteiger partial charge in [0, 0.05) is 24.8 Å². The van der Waals surface area contributed by atoms with E-state index in [0.717, 1.165) is 18.5 Å². The lowest BCUT2D eigenvalue weighted by Crippen LogP contribution is -2.45. The normalized spacial score (nSPS) is 15.7. The highest BCUT2D eigenvalue weighted by Crippen LogP contribution is 2.23. The molecule has 0 unspecified atom stereocenters. The summed E-state index contributed by atoms with van der Waals surface area (Å²) in [7, 11) is 1.78. The van der Waals surface area contributed by atoms with E-state index in [0.29, 0.717) is 11.3 Å². The van der Waals surface area contributed by atoms with E-state index in [1.54, 1.807) is 18.0 Å². The molecule has 0 bridgehead atoms. The smallest absolute Gasteiger partial charge is 0.253 e. The Morgan fingerprint density at radius 3 is 2.59 bits per heavy atom. The molecular weight excluding hydrogens is 302 g/mol. The summed E-state index contributed by atoms with van der Waals surface area (Å²) >= 11 is 0. The van der Waals surface area contributed by atoms with Gasteiger partial charge in [-0.2, -0.15) is 0 Å². The number of hydrogen-bond donors (Lipinski definition) is 2. The highest BCUT2D eigenvalue weighted by atomic mass is 35.5. The zero-order chi connectivity index (χ0) is 15.8. The van der Waals surface area contributed by atoms with Gasteiger partial charge in [-0.1, -0.05) is 26.8 Å². The number of carbonyl (C=O) groups is 2. The van der Waals surface area contributed by atoms with E-state index in [1.807, 2.05) is 32.9 Å². The molecule has 1 aromatic carbocycles. The number of nitrogens with one attached hydrogen (secondary N) is 1. The highest BCUT2D eigenvalue weighted by molar-refractivity contribution is 6.00. The van der Waals surface area contributed by atoms with Gasteiger partial charge in [-0.15, -0.1) is 12.4 Å². The molecule has 0 saturated heterocycles. The van der Waals surface area contributed by atoms with Crippen LogP contribution in [-0.4, -0.2) is 36.3 Å². The van der Waals surface area contributed by atoms with E-state index >= 15 is 0 Å². The molecule has 122 valence electrons. The lowest BCUT2D eigenvalue weighted by atomic mass is 9.87. The fourth-order valence-corrected chi connectivity index (χ4v) is 2.28. The van der Waals surface area contributed by atoms with Crippen molar-refractivity contribution in [2.24, 2.45) is 11.1 Å². The summed E-state index contributed by atoms with van der Waals surface area (Å²) in [5, 5.41) is 2.80. The molecule has 1 atom stereocenters. The van der Waals surface area contributed by atoms with Crippen molar-refractivity contribution in [3.63, 3.8) is 0 Å². The Morgan fingerprint density at radius 1 is 1.36 bits per heavy atom. The van der Waals surface area contributed by atoms with Crippen LogP contribution in [0.5, 0.6) is 0 Å². The maximum atomic E-state index is 12.1. The van der Waals surface area contributed by atoms with Crippen molar-refractivity contribution >= 4 is 29.9 Å². The van der Waals surface area contributed by atoms with Crippen molar-refractivity contribution in [3.05, 3.63) is 29.3 Å². The van der Waals surface area contributed by atoms with Gasteiger partial charge in [0.1, 0.15) is 0 Å². The van der Waals surface area contributed by atoms with E-state index in [4.69, 9.17) is 5.73 Å². The Balaban J connectivity index is 0.00000242. The fourth-order valence-electron chi connectivity index (χ4n) is 2.28. The maximum absolute atomic E-state index is 12.1. The van der Waals surface area contributed by atoms with Crippen LogP contribution >= 0.6 is 12.4 Å². The van der Waals surface area contributed by atoms with Crippen LogP contribution < -0.4 is 11.1 Å². The summed E-state index contributed by atoms with van der Waals surface area (Å²) in [6.45, 7) is 6.49. The first kappa shape index (κ1) is 18.5. The molecule has 0 saturated carbocycles. The van der Waals surface area contributed by atoms with Crippen LogP contribution in [0.15, 0.2) is 18.2 Å². The molecule has 0 radical (unpaired) electrons. The van der Waals surface area contributed by atoms with Gasteiger partial charge in [-0.05, 0) is 29.5 Å². The zero-order valence-corrected chi connectivity index (χ0v) is 14.3. The third kappa shape index (κ3) is 3.78. The Kier molecular flexibility index (Phi) is 5.59. The number of fused-ring (bicyclic) bond motifs is 1. The van der Waals surface area contributed by atoms with Gasteiger partial charge in [0.25, 0.3) is 5.91 Å². The molecule has 0 aliphatic carbocycles. The molecule has 6 heteroatoms. The first-order chi connectivity index (χ1) is 9.70. The molecule has 1 aliphatic rings. The topological polar surface area (TPSA) is 75.4 Å². The lowest BCUT2D eigenvalue weighted by molar-refractivity contribution is -0.119. The van der Waals surface area contributed by atoms with Crippen molar-refractivity contribution in [3.8, 4) is 0 Å². The van der Waals surface area contributed by atoms with Crippen LogP contribution in [0.4, 0.5) is 5.69 Å². The summed E-state index contributed by atoms with van der Waals surface area (Å²) in [5.41, 5.74) is 7.93. The summed E-state index contributed by atoms with van der Waals surface area (Å²) in [5.74, 6) is -0.244. The second-order valence-electron chi connectivity index (χ2n) is 6.68. The van der Waals surface area contributed by atoms with Crippen molar-refractivity contribution < 1.29 is 9.59 Å². The van der Waals surface area contributed by atoms with Gasteiger partial charge in [0.15, 0.2) is 0 Å². The number of likely N-dealkylation sites (N-methyl/N-ethyl adjacent to an activating group) is 1. The average molecular weight is 326 g/mol.